The van der Waals surface area contributed by atoms with Crippen LogP contribution in [-0.4, -0.2) is 39.5 Å². The van der Waals surface area contributed by atoms with E-state index in [-0.39, 0.29) is 22.4 Å². The Labute approximate surface area is 177 Å². The number of anilines is 1. The van der Waals surface area contributed by atoms with Gasteiger partial charge in [-0.05, 0) is 49.6 Å². The lowest BCUT2D eigenvalue weighted by Gasteiger charge is -2.24. The number of carbonyl (C=O) groups excluding carboxylic acids is 2. The van der Waals surface area contributed by atoms with Crippen molar-refractivity contribution in [2.75, 3.05) is 17.5 Å². The molecule has 0 saturated carbocycles. The topological polar surface area (TPSA) is 92.8 Å². The number of esters is 1. The number of fused-ring (bicyclic) bond motifs is 1. The molecule has 0 aromatic heterocycles. The molecule has 0 saturated heterocycles. The van der Waals surface area contributed by atoms with Crippen molar-refractivity contribution in [1.82, 2.24) is 5.32 Å². The van der Waals surface area contributed by atoms with Gasteiger partial charge in [0.25, 0.3) is 15.9 Å². The number of para-hydroxylation sites is 1. The van der Waals surface area contributed by atoms with Gasteiger partial charge in [0.15, 0.2) is 6.61 Å². The molecule has 30 heavy (non-hydrogen) atoms. The Bertz CT molecular complexity index is 1040. The van der Waals surface area contributed by atoms with Gasteiger partial charge in [0.05, 0.1) is 16.1 Å². The van der Waals surface area contributed by atoms with E-state index in [4.69, 9.17) is 4.74 Å². The molecule has 0 spiro atoms. The molecule has 7 nitrogen and oxygen atoms in total. The van der Waals surface area contributed by atoms with Crippen molar-refractivity contribution >= 4 is 27.6 Å². The molecule has 8 heteroatoms. The second-order valence-corrected chi connectivity index (χ2v) is 9.11. The van der Waals surface area contributed by atoms with Crippen LogP contribution in [0.25, 0.3) is 0 Å². The molecule has 0 radical (unpaired) electrons. The van der Waals surface area contributed by atoms with Gasteiger partial charge in [-0.15, -0.1) is 0 Å². The van der Waals surface area contributed by atoms with Gasteiger partial charge in [-0.3, -0.25) is 9.10 Å². The van der Waals surface area contributed by atoms with Crippen LogP contribution in [-0.2, 0) is 26.0 Å². The van der Waals surface area contributed by atoms with Crippen LogP contribution in [0, 0.1) is 0 Å². The van der Waals surface area contributed by atoms with E-state index in [1.807, 2.05) is 26.0 Å². The second-order valence-electron chi connectivity index (χ2n) is 7.29. The molecule has 2 aromatic rings. The van der Waals surface area contributed by atoms with Crippen molar-refractivity contribution in [3.8, 4) is 0 Å². The molecule has 1 heterocycles. The third kappa shape index (κ3) is 4.64. The summed E-state index contributed by atoms with van der Waals surface area (Å²) in [6.45, 7) is 3.98. The molecule has 0 unspecified atom stereocenters. The lowest BCUT2D eigenvalue weighted by atomic mass is 10.1. The Kier molecular flexibility index (Phi) is 6.77. The average Bonchev–Trinajstić information content (AvgIpc) is 3.08. The number of ether oxygens (including phenoxy) is 1. The number of rotatable bonds is 8. The first-order valence-electron chi connectivity index (χ1n) is 10.0. The number of amides is 1. The zero-order chi connectivity index (χ0) is 21.7. The summed E-state index contributed by atoms with van der Waals surface area (Å²) < 4.78 is 33.0. The second kappa shape index (κ2) is 9.30. The summed E-state index contributed by atoms with van der Waals surface area (Å²) in [5, 5.41) is 2.66. The van der Waals surface area contributed by atoms with E-state index in [1.165, 1.54) is 28.6 Å². The molecular formula is C22H26N2O5S. The van der Waals surface area contributed by atoms with E-state index in [2.05, 4.69) is 5.32 Å². The van der Waals surface area contributed by atoms with Crippen molar-refractivity contribution in [1.29, 1.82) is 0 Å². The van der Waals surface area contributed by atoms with E-state index in [1.54, 1.807) is 12.1 Å². The smallest absolute Gasteiger partial charge is 0.338 e. The molecule has 1 N–H and O–H groups in total. The molecular weight excluding hydrogens is 404 g/mol. The Morgan fingerprint density at radius 3 is 2.70 bits per heavy atom. The molecule has 0 aliphatic carbocycles. The minimum Gasteiger partial charge on any atom is -0.452 e. The van der Waals surface area contributed by atoms with Crippen LogP contribution in [0.4, 0.5) is 5.69 Å². The Morgan fingerprint density at radius 1 is 1.17 bits per heavy atom. The monoisotopic (exact) mass is 430 g/mol. The van der Waals surface area contributed by atoms with Crippen molar-refractivity contribution in [3.63, 3.8) is 0 Å². The number of unbranched alkanes of at least 4 members (excludes halogenated alkanes) is 1. The van der Waals surface area contributed by atoms with Crippen molar-refractivity contribution in [2.24, 2.45) is 0 Å². The highest BCUT2D eigenvalue weighted by Crippen LogP contribution is 2.36. The van der Waals surface area contributed by atoms with Crippen LogP contribution in [0.5, 0.6) is 0 Å². The Morgan fingerprint density at radius 2 is 1.93 bits per heavy atom. The molecule has 0 fully saturated rings. The van der Waals surface area contributed by atoms with Gasteiger partial charge in [0.1, 0.15) is 0 Å². The largest absolute Gasteiger partial charge is 0.452 e. The molecule has 1 aliphatic rings. The number of hydrogen-bond acceptors (Lipinski definition) is 5. The highest BCUT2D eigenvalue weighted by Gasteiger charge is 2.36. The van der Waals surface area contributed by atoms with E-state index < -0.39 is 22.6 Å². The Hall–Kier alpha value is -2.87. The fourth-order valence-electron chi connectivity index (χ4n) is 3.47. The number of nitrogens with zero attached hydrogens (tertiary/aromatic N) is 1. The van der Waals surface area contributed by atoms with E-state index in [9.17, 15) is 18.0 Å². The van der Waals surface area contributed by atoms with E-state index in [0.29, 0.717) is 18.7 Å². The third-order valence-electron chi connectivity index (χ3n) is 4.96. The fraction of sp³-hybridized carbons (Fsp3) is 0.364. The maximum atomic E-state index is 13.3. The van der Waals surface area contributed by atoms with Crippen LogP contribution < -0.4 is 9.62 Å². The quantitative estimate of drug-likeness (QED) is 0.513. The van der Waals surface area contributed by atoms with Crippen molar-refractivity contribution in [2.45, 2.75) is 44.0 Å². The van der Waals surface area contributed by atoms with Gasteiger partial charge in [-0.2, -0.15) is 0 Å². The summed E-state index contributed by atoms with van der Waals surface area (Å²) in [5.74, 6) is -1.13. The Balaban J connectivity index is 1.75. The predicted molar refractivity (Wildman–Crippen MR) is 114 cm³/mol. The lowest BCUT2D eigenvalue weighted by molar-refractivity contribution is -0.124. The first-order chi connectivity index (χ1) is 14.3. The molecule has 160 valence electrons. The van der Waals surface area contributed by atoms with Gasteiger partial charge < -0.3 is 10.1 Å². The maximum absolute atomic E-state index is 13.3. The van der Waals surface area contributed by atoms with Crippen LogP contribution in [0.3, 0.4) is 0 Å². The summed E-state index contributed by atoms with van der Waals surface area (Å²) in [4.78, 5) is 24.1. The highest BCUT2D eigenvalue weighted by atomic mass is 32.2. The van der Waals surface area contributed by atoms with Gasteiger partial charge >= 0.3 is 5.97 Å². The summed E-state index contributed by atoms with van der Waals surface area (Å²) in [5.41, 5.74) is 1.71. The summed E-state index contributed by atoms with van der Waals surface area (Å²) in [7, 11) is -3.86. The maximum Gasteiger partial charge on any atom is 0.338 e. The van der Waals surface area contributed by atoms with E-state index >= 15 is 0 Å². The zero-order valence-electron chi connectivity index (χ0n) is 17.1. The molecule has 3 rings (SSSR count). The van der Waals surface area contributed by atoms with Gasteiger partial charge in [-0.1, -0.05) is 37.6 Å². The van der Waals surface area contributed by atoms with Crippen molar-refractivity contribution < 1.29 is 22.7 Å². The number of sulfonamides is 1. The van der Waals surface area contributed by atoms with Crippen LogP contribution in [0.15, 0.2) is 53.4 Å². The van der Waals surface area contributed by atoms with Gasteiger partial charge in [0.2, 0.25) is 0 Å². The molecule has 1 atom stereocenters. The fourth-order valence-corrected chi connectivity index (χ4v) is 5.21. The van der Waals surface area contributed by atoms with Crippen molar-refractivity contribution in [3.05, 3.63) is 59.7 Å². The number of carbonyl (C=O) groups is 2. The zero-order valence-corrected chi connectivity index (χ0v) is 17.9. The SMILES string of the molecule is CCCCNC(=O)COC(=O)c1cccc(S(=O)(=O)N2c3ccccc3C[C@@H]2C)c1. The predicted octanol–water partition coefficient (Wildman–Crippen LogP) is 2.90. The lowest BCUT2D eigenvalue weighted by Crippen LogP contribution is -2.35. The molecule has 2 aromatic carbocycles. The molecule has 0 bridgehead atoms. The summed E-state index contributed by atoms with van der Waals surface area (Å²) in [6, 6.07) is 12.9. The van der Waals surface area contributed by atoms with Crippen LogP contribution >= 0.6 is 0 Å². The normalized spacial score (nSPS) is 15.5. The molecule has 1 amide bonds. The highest BCUT2D eigenvalue weighted by molar-refractivity contribution is 7.92. The van der Waals surface area contributed by atoms with Gasteiger partial charge in [0, 0.05) is 12.6 Å². The molecule has 1 aliphatic heterocycles. The van der Waals surface area contributed by atoms with Gasteiger partial charge in [-0.25, -0.2) is 13.2 Å². The summed E-state index contributed by atoms with van der Waals surface area (Å²) in [6.07, 6.45) is 2.42. The third-order valence-corrected chi connectivity index (χ3v) is 6.88. The number of nitrogens with one attached hydrogen (secondary N) is 1. The first kappa shape index (κ1) is 21.8. The minimum absolute atomic E-state index is 0.00732. The summed E-state index contributed by atoms with van der Waals surface area (Å²) >= 11 is 0. The first-order valence-corrected chi connectivity index (χ1v) is 11.4. The standard InChI is InChI=1S/C22H26N2O5S/c1-3-4-12-23-21(25)15-29-22(26)18-9-7-10-19(14-18)30(27,28)24-16(2)13-17-8-5-6-11-20(17)24/h5-11,14,16H,3-4,12-13,15H2,1-2H3,(H,23,25)/t16-/m0/s1. The van der Waals surface area contributed by atoms with Crippen LogP contribution in [0.1, 0.15) is 42.6 Å². The number of benzene rings is 2. The van der Waals surface area contributed by atoms with E-state index in [0.717, 1.165) is 18.4 Å². The average molecular weight is 431 g/mol. The van der Waals surface area contributed by atoms with Crippen LogP contribution in [0.2, 0.25) is 0 Å². The minimum atomic E-state index is -3.86. The number of hydrogen-bond donors (Lipinski definition) is 1.